The zero-order chi connectivity index (χ0) is 20.9. The lowest BCUT2D eigenvalue weighted by atomic mass is 9.96. The third-order valence-corrected chi connectivity index (χ3v) is 6.85. The first-order valence-electron chi connectivity index (χ1n) is 10.2. The van der Waals surface area contributed by atoms with E-state index >= 15 is 0 Å². The number of carbonyl (C=O) groups excluding carboxylic acids is 2. The smallest absolute Gasteiger partial charge is 0.321 e. The maximum absolute atomic E-state index is 12.3. The van der Waals surface area contributed by atoms with Gasteiger partial charge in [-0.2, -0.15) is 0 Å². The van der Waals surface area contributed by atoms with E-state index < -0.39 is 0 Å². The van der Waals surface area contributed by atoms with Crippen LogP contribution < -0.4 is 16.0 Å². The minimum absolute atomic E-state index is 0.0941. The first kappa shape index (κ1) is 20.7. The number of rotatable bonds is 6. The molecule has 0 bridgehead atoms. The number of fused-ring (bicyclic) bond motifs is 1. The van der Waals surface area contributed by atoms with E-state index in [1.165, 1.54) is 47.5 Å². The number of hydrogen-bond acceptors (Lipinski definition) is 6. The highest BCUT2D eigenvalue weighted by Gasteiger charge is 2.16. The van der Waals surface area contributed by atoms with Gasteiger partial charge in [0.2, 0.25) is 5.91 Å². The van der Waals surface area contributed by atoms with Crippen LogP contribution in [0.5, 0.6) is 0 Å². The first-order chi connectivity index (χ1) is 14.5. The molecule has 0 unspecified atom stereocenters. The molecular weight excluding hydrogens is 418 g/mol. The molecule has 1 aromatic carbocycles. The number of benzene rings is 1. The molecule has 0 atom stereocenters. The van der Waals surface area contributed by atoms with Gasteiger partial charge in [-0.25, -0.2) is 14.8 Å². The maximum atomic E-state index is 12.3. The summed E-state index contributed by atoms with van der Waals surface area (Å²) in [4.78, 5) is 33.3. The SMILES string of the molecule is Cc1ccc2nc(NC(=O)CCc3csc(NC(=O)NC4CCCCC4)n3)sc2c1. The van der Waals surface area contributed by atoms with E-state index in [2.05, 4.69) is 32.0 Å². The second-order valence-electron chi connectivity index (χ2n) is 7.62. The van der Waals surface area contributed by atoms with Crippen molar-refractivity contribution in [3.63, 3.8) is 0 Å². The lowest BCUT2D eigenvalue weighted by Crippen LogP contribution is -2.38. The molecule has 30 heavy (non-hydrogen) atoms. The molecule has 1 saturated carbocycles. The lowest BCUT2D eigenvalue weighted by molar-refractivity contribution is -0.116. The lowest BCUT2D eigenvalue weighted by Gasteiger charge is -2.22. The molecule has 1 fully saturated rings. The third-order valence-electron chi connectivity index (χ3n) is 5.11. The molecule has 0 spiro atoms. The van der Waals surface area contributed by atoms with Crippen LogP contribution in [0.15, 0.2) is 23.6 Å². The van der Waals surface area contributed by atoms with Gasteiger partial charge in [-0.05, 0) is 43.9 Å². The van der Waals surface area contributed by atoms with Crippen molar-refractivity contribution in [1.29, 1.82) is 0 Å². The number of urea groups is 1. The van der Waals surface area contributed by atoms with E-state index in [0.29, 0.717) is 23.1 Å². The Morgan fingerprint density at radius 2 is 1.93 bits per heavy atom. The molecule has 9 heteroatoms. The molecule has 2 aromatic heterocycles. The van der Waals surface area contributed by atoms with E-state index in [4.69, 9.17) is 0 Å². The van der Waals surface area contributed by atoms with Crippen LogP contribution in [0.4, 0.5) is 15.1 Å². The Hall–Kier alpha value is -2.52. The van der Waals surface area contributed by atoms with Crippen molar-refractivity contribution in [1.82, 2.24) is 15.3 Å². The van der Waals surface area contributed by atoms with Gasteiger partial charge in [0, 0.05) is 17.8 Å². The molecule has 3 aromatic rings. The molecule has 7 nitrogen and oxygen atoms in total. The van der Waals surface area contributed by atoms with Crippen LogP contribution in [0.1, 0.15) is 49.8 Å². The van der Waals surface area contributed by atoms with Crippen molar-refractivity contribution in [2.75, 3.05) is 10.6 Å². The van der Waals surface area contributed by atoms with Gasteiger partial charge in [0.25, 0.3) is 0 Å². The van der Waals surface area contributed by atoms with Crippen LogP contribution in [0.25, 0.3) is 10.2 Å². The van der Waals surface area contributed by atoms with E-state index in [-0.39, 0.29) is 18.0 Å². The third kappa shape index (κ3) is 5.54. The van der Waals surface area contributed by atoms with Crippen LogP contribution in [0.2, 0.25) is 0 Å². The van der Waals surface area contributed by atoms with Crippen molar-refractivity contribution in [2.45, 2.75) is 57.9 Å². The summed E-state index contributed by atoms with van der Waals surface area (Å²) < 4.78 is 1.06. The van der Waals surface area contributed by atoms with Crippen LogP contribution in [-0.4, -0.2) is 27.9 Å². The molecule has 3 amide bonds. The highest BCUT2D eigenvalue weighted by atomic mass is 32.1. The van der Waals surface area contributed by atoms with Gasteiger partial charge in [-0.1, -0.05) is 36.7 Å². The van der Waals surface area contributed by atoms with Gasteiger partial charge in [0.15, 0.2) is 10.3 Å². The first-order valence-corrected chi connectivity index (χ1v) is 11.9. The molecule has 0 aliphatic heterocycles. The normalized spacial score (nSPS) is 14.6. The number of aromatic nitrogens is 2. The maximum Gasteiger partial charge on any atom is 0.321 e. The number of hydrogen-bond donors (Lipinski definition) is 3. The summed E-state index contributed by atoms with van der Waals surface area (Å²) in [5.41, 5.74) is 2.86. The zero-order valence-electron chi connectivity index (χ0n) is 16.9. The predicted octanol–water partition coefficient (Wildman–Crippen LogP) is 5.09. The Morgan fingerprint density at radius 3 is 2.77 bits per heavy atom. The van der Waals surface area contributed by atoms with Gasteiger partial charge < -0.3 is 10.6 Å². The number of anilines is 2. The quantitative estimate of drug-likeness (QED) is 0.495. The molecule has 3 N–H and O–H groups in total. The van der Waals surface area contributed by atoms with Crippen molar-refractivity contribution in [3.8, 4) is 0 Å². The summed E-state index contributed by atoms with van der Waals surface area (Å²) in [7, 11) is 0. The van der Waals surface area contributed by atoms with Gasteiger partial charge in [0.1, 0.15) is 0 Å². The number of amides is 3. The van der Waals surface area contributed by atoms with E-state index in [9.17, 15) is 9.59 Å². The van der Waals surface area contributed by atoms with Crippen LogP contribution >= 0.6 is 22.7 Å². The van der Waals surface area contributed by atoms with Gasteiger partial charge in [-0.15, -0.1) is 11.3 Å². The molecule has 0 saturated heterocycles. The Labute approximate surface area is 183 Å². The number of nitrogens with one attached hydrogen (secondary N) is 3. The zero-order valence-corrected chi connectivity index (χ0v) is 18.5. The summed E-state index contributed by atoms with van der Waals surface area (Å²) in [6.45, 7) is 2.04. The molecular formula is C21H25N5O2S2. The molecule has 1 aliphatic rings. The van der Waals surface area contributed by atoms with Gasteiger partial charge in [-0.3, -0.25) is 10.1 Å². The predicted molar refractivity (Wildman–Crippen MR) is 122 cm³/mol. The fourth-order valence-corrected chi connectivity index (χ4v) is 5.27. The fraction of sp³-hybridized carbons (Fsp3) is 0.429. The highest BCUT2D eigenvalue weighted by Crippen LogP contribution is 2.27. The van der Waals surface area contributed by atoms with Gasteiger partial charge in [0.05, 0.1) is 15.9 Å². The van der Waals surface area contributed by atoms with Crippen LogP contribution in [0.3, 0.4) is 0 Å². The number of carbonyl (C=O) groups is 2. The Morgan fingerprint density at radius 1 is 1.10 bits per heavy atom. The number of thiazole rings is 2. The fourth-order valence-electron chi connectivity index (χ4n) is 3.55. The highest BCUT2D eigenvalue weighted by molar-refractivity contribution is 7.22. The topological polar surface area (TPSA) is 96.0 Å². The summed E-state index contributed by atoms with van der Waals surface area (Å²) in [5.74, 6) is -0.0941. The second-order valence-corrected chi connectivity index (χ2v) is 9.50. The summed E-state index contributed by atoms with van der Waals surface area (Å²) in [5, 5.41) is 11.7. The minimum Gasteiger partial charge on any atom is -0.335 e. The van der Waals surface area contributed by atoms with Gasteiger partial charge >= 0.3 is 6.03 Å². The second kappa shape index (κ2) is 9.53. The average molecular weight is 444 g/mol. The van der Waals surface area contributed by atoms with Crippen molar-refractivity contribution in [2.24, 2.45) is 0 Å². The van der Waals surface area contributed by atoms with Crippen molar-refractivity contribution in [3.05, 3.63) is 34.8 Å². The Kier molecular flexibility index (Phi) is 6.59. The summed E-state index contributed by atoms with van der Waals surface area (Å²) >= 11 is 2.85. The van der Waals surface area contributed by atoms with Crippen molar-refractivity contribution >= 4 is 55.1 Å². The molecule has 1 aliphatic carbocycles. The molecule has 158 valence electrons. The summed E-state index contributed by atoms with van der Waals surface area (Å²) in [6.07, 6.45) is 6.50. The van der Waals surface area contributed by atoms with Crippen LogP contribution in [0, 0.1) is 6.92 Å². The minimum atomic E-state index is -0.202. The average Bonchev–Trinajstić information content (AvgIpc) is 3.32. The molecule has 0 radical (unpaired) electrons. The Bertz CT molecular complexity index is 1040. The molecule has 2 heterocycles. The van der Waals surface area contributed by atoms with Crippen LogP contribution in [-0.2, 0) is 11.2 Å². The van der Waals surface area contributed by atoms with E-state index in [1.807, 2.05) is 24.4 Å². The Balaban J connectivity index is 1.24. The largest absolute Gasteiger partial charge is 0.335 e. The standard InChI is InChI=1S/C21H25N5O2S2/c1-13-7-9-16-17(11-13)30-21(24-16)25-18(27)10-8-15-12-29-20(23-15)26-19(28)22-14-5-3-2-4-6-14/h7,9,11-12,14H,2-6,8,10H2,1H3,(H,24,25,27)(H2,22,23,26,28). The van der Waals surface area contributed by atoms with Crippen molar-refractivity contribution < 1.29 is 9.59 Å². The monoisotopic (exact) mass is 443 g/mol. The molecule has 4 rings (SSSR count). The number of aryl methyl sites for hydroxylation is 2. The number of nitrogens with zero attached hydrogens (tertiary/aromatic N) is 2. The van der Waals surface area contributed by atoms with E-state index in [0.717, 1.165) is 28.8 Å². The summed E-state index contributed by atoms with van der Waals surface area (Å²) in [6, 6.07) is 6.10. The van der Waals surface area contributed by atoms with E-state index in [1.54, 1.807) is 0 Å².